The number of aliphatic hydroxyl groups is 1. The van der Waals surface area contributed by atoms with Gasteiger partial charge in [-0.05, 0) is 25.7 Å². The van der Waals surface area contributed by atoms with Crippen molar-refractivity contribution in [2.75, 3.05) is 24.6 Å². The zero-order valence-corrected chi connectivity index (χ0v) is 25.6. The minimum absolute atomic E-state index is 0.0227. The van der Waals surface area contributed by atoms with Crippen molar-refractivity contribution in [1.82, 2.24) is 26.6 Å². The molecule has 0 rings (SSSR count). The van der Waals surface area contributed by atoms with E-state index < -0.39 is 84.2 Å². The summed E-state index contributed by atoms with van der Waals surface area (Å²) in [6, 6.07) is -6.06. The first kappa shape index (κ1) is 38.7. The fourth-order valence-corrected chi connectivity index (χ4v) is 3.75. The first-order valence-corrected chi connectivity index (χ1v) is 14.3. The maximum Gasteiger partial charge on any atom is 0.245 e. The average Bonchev–Trinajstić information content (AvgIpc) is 2.91. The normalized spacial score (nSPS) is 15.1. The number of nitrogens with one attached hydrogen (secondary N) is 5. The molecule has 0 saturated carbocycles. The Hall–Kier alpha value is -3.29. The molecule has 6 amide bonds. The molecule has 19 heteroatoms. The topological polar surface area (TPSA) is 299 Å². The van der Waals surface area contributed by atoms with Crippen LogP contribution in [0.3, 0.4) is 0 Å². The summed E-state index contributed by atoms with van der Waals surface area (Å²) in [5.74, 6) is -5.46. The summed E-state index contributed by atoms with van der Waals surface area (Å²) in [6.45, 7) is 4.20. The minimum atomic E-state index is -1.54. The highest BCUT2D eigenvalue weighted by Gasteiger charge is 2.34. The molecule has 14 N–H and O–H groups in total. The lowest BCUT2D eigenvalue weighted by Crippen LogP contribution is -2.62. The summed E-state index contributed by atoms with van der Waals surface area (Å²) in [5, 5.41) is 22.3. The fourth-order valence-electron chi connectivity index (χ4n) is 3.32. The van der Waals surface area contributed by atoms with Gasteiger partial charge in [0.2, 0.25) is 35.4 Å². The third kappa shape index (κ3) is 14.6. The lowest BCUT2D eigenvalue weighted by atomic mass is 10.0. The number of primary amides is 1. The number of carbonyl (C=O) groups excluding carboxylic acids is 6. The van der Waals surface area contributed by atoms with Gasteiger partial charge in [-0.3, -0.25) is 33.8 Å². The third-order valence-electron chi connectivity index (χ3n) is 5.67. The van der Waals surface area contributed by atoms with Crippen molar-refractivity contribution < 1.29 is 33.9 Å². The number of nitrogens with two attached hydrogens (primary N) is 4. The van der Waals surface area contributed by atoms with Crippen LogP contribution >= 0.6 is 25.3 Å². The number of rotatable bonds is 19. The molecule has 0 spiro atoms. The number of hydrogen-bond acceptors (Lipinski definition) is 11. The molecule has 0 aromatic carbocycles. The van der Waals surface area contributed by atoms with Crippen LogP contribution in [0.25, 0.3) is 0 Å². The van der Waals surface area contributed by atoms with Gasteiger partial charge in [-0.2, -0.15) is 25.3 Å². The molecule has 0 unspecified atom stereocenters. The van der Waals surface area contributed by atoms with E-state index in [4.69, 9.17) is 22.9 Å². The summed E-state index contributed by atoms with van der Waals surface area (Å²) in [7, 11) is 0. The molecule has 0 aromatic rings. The Morgan fingerprint density at radius 3 is 1.79 bits per heavy atom. The van der Waals surface area contributed by atoms with Gasteiger partial charge in [-0.15, -0.1) is 0 Å². The van der Waals surface area contributed by atoms with Crippen LogP contribution in [0.2, 0.25) is 0 Å². The molecule has 0 aliphatic rings. The van der Waals surface area contributed by atoms with Crippen LogP contribution in [0.4, 0.5) is 0 Å². The van der Waals surface area contributed by atoms with Crippen molar-refractivity contribution in [2.45, 2.75) is 69.9 Å². The van der Waals surface area contributed by atoms with Crippen LogP contribution < -0.4 is 49.5 Å². The summed E-state index contributed by atoms with van der Waals surface area (Å²) in [5.41, 5.74) is 21.3. The molecule has 240 valence electrons. The lowest BCUT2D eigenvalue weighted by molar-refractivity contribution is -0.136. The smallest absolute Gasteiger partial charge is 0.245 e. The third-order valence-corrected chi connectivity index (χ3v) is 6.43. The number of aliphatic imine (C=N–C) groups is 1. The van der Waals surface area contributed by atoms with Gasteiger partial charge in [-0.25, -0.2) is 0 Å². The molecular weight excluding hydrogens is 592 g/mol. The van der Waals surface area contributed by atoms with Crippen molar-refractivity contribution in [3.05, 3.63) is 0 Å². The zero-order chi connectivity index (χ0) is 32.6. The summed E-state index contributed by atoms with van der Waals surface area (Å²) >= 11 is 8.00. The zero-order valence-electron chi connectivity index (χ0n) is 23.8. The van der Waals surface area contributed by atoms with Crippen LogP contribution in [0.5, 0.6) is 0 Å². The second-order valence-corrected chi connectivity index (χ2v) is 10.4. The van der Waals surface area contributed by atoms with E-state index in [0.717, 1.165) is 0 Å². The lowest BCUT2D eigenvalue weighted by Gasteiger charge is -2.29. The van der Waals surface area contributed by atoms with E-state index in [2.05, 4.69) is 56.8 Å². The first-order chi connectivity index (χ1) is 19.5. The molecule has 0 bridgehead atoms. The summed E-state index contributed by atoms with van der Waals surface area (Å²) in [6.07, 6.45) is -1.02. The van der Waals surface area contributed by atoms with Crippen molar-refractivity contribution in [1.29, 1.82) is 0 Å². The molecular formula is C23H44N10O7S2. The maximum absolute atomic E-state index is 13.2. The monoisotopic (exact) mass is 636 g/mol. The number of nitrogens with zero attached hydrogens (tertiary/aromatic N) is 1. The Morgan fingerprint density at radius 1 is 0.762 bits per heavy atom. The molecule has 0 fully saturated rings. The minimum Gasteiger partial charge on any atom is -0.391 e. The van der Waals surface area contributed by atoms with E-state index >= 15 is 0 Å². The van der Waals surface area contributed by atoms with Gasteiger partial charge in [0, 0.05) is 18.1 Å². The van der Waals surface area contributed by atoms with Gasteiger partial charge in [0.15, 0.2) is 5.96 Å². The molecule has 0 aromatic heterocycles. The molecule has 0 saturated heterocycles. The van der Waals surface area contributed by atoms with Crippen molar-refractivity contribution >= 4 is 66.7 Å². The molecule has 6 atom stereocenters. The predicted octanol–water partition coefficient (Wildman–Crippen LogP) is -5.20. The standard InChI is InChI=1S/C23H44N10O7S2/c1-10(2)16(32-20(38)13(5-4-6-28-23(26)27)30-18(36)12(24)8-41)21(39)33-17(11(3)34)22(40)31-14(9-42)19(37)29-7-15(25)35/h10-14,16-17,34,41-42H,4-9,24H2,1-3H3,(H2,25,35)(H,29,37)(H,30,36)(H,31,40)(H,32,38)(H,33,39)(H4,26,27,28)/t11-,12+,13+,14+,16+,17+/m1/s1. The van der Waals surface area contributed by atoms with Crippen LogP contribution in [-0.4, -0.2) is 107 Å². The van der Waals surface area contributed by atoms with Crippen LogP contribution in [0.1, 0.15) is 33.6 Å². The van der Waals surface area contributed by atoms with Crippen molar-refractivity contribution in [2.24, 2.45) is 33.8 Å². The van der Waals surface area contributed by atoms with Crippen LogP contribution in [-0.2, 0) is 28.8 Å². The molecule has 0 heterocycles. The first-order valence-electron chi connectivity index (χ1n) is 13.0. The summed E-state index contributed by atoms with van der Waals surface area (Å²) in [4.78, 5) is 78.7. The molecule has 0 aliphatic carbocycles. The van der Waals surface area contributed by atoms with Gasteiger partial charge in [0.05, 0.1) is 18.7 Å². The Kier molecular flexibility index (Phi) is 18.2. The van der Waals surface area contributed by atoms with E-state index in [1.54, 1.807) is 13.8 Å². The van der Waals surface area contributed by atoms with E-state index in [9.17, 15) is 33.9 Å². The number of amides is 6. The highest BCUT2D eigenvalue weighted by Crippen LogP contribution is 2.07. The van der Waals surface area contributed by atoms with Gasteiger partial charge >= 0.3 is 0 Å². The van der Waals surface area contributed by atoms with E-state index in [1.165, 1.54) is 6.92 Å². The van der Waals surface area contributed by atoms with Gasteiger partial charge in [0.1, 0.15) is 24.2 Å². The maximum atomic E-state index is 13.2. The molecule has 42 heavy (non-hydrogen) atoms. The Morgan fingerprint density at radius 2 is 1.31 bits per heavy atom. The average molecular weight is 637 g/mol. The number of thiol groups is 2. The largest absolute Gasteiger partial charge is 0.391 e. The summed E-state index contributed by atoms with van der Waals surface area (Å²) < 4.78 is 0. The molecule has 0 radical (unpaired) electrons. The van der Waals surface area contributed by atoms with Crippen molar-refractivity contribution in [3.8, 4) is 0 Å². The van der Waals surface area contributed by atoms with Crippen molar-refractivity contribution in [3.63, 3.8) is 0 Å². The Balaban J connectivity index is 5.70. The number of guanidine groups is 1. The predicted molar refractivity (Wildman–Crippen MR) is 162 cm³/mol. The SMILES string of the molecule is CC(C)[C@H](NC(=O)[C@H](CCCN=C(N)N)NC(=O)[C@@H](N)CS)C(=O)N[C@H](C(=O)N[C@@H](CS)C(=O)NCC(N)=O)[C@@H](C)O. The van der Waals surface area contributed by atoms with E-state index in [1.807, 2.05) is 0 Å². The Labute approximate surface area is 255 Å². The van der Waals surface area contributed by atoms with Gasteiger partial charge in [-0.1, -0.05) is 13.8 Å². The highest BCUT2D eigenvalue weighted by atomic mass is 32.1. The fraction of sp³-hybridized carbons (Fsp3) is 0.696. The second kappa shape index (κ2) is 19.8. The van der Waals surface area contributed by atoms with E-state index in [-0.39, 0.29) is 30.4 Å². The second-order valence-electron chi connectivity index (χ2n) is 9.68. The number of aliphatic hydroxyl groups excluding tert-OH is 1. The molecule has 17 nitrogen and oxygen atoms in total. The van der Waals surface area contributed by atoms with Crippen LogP contribution in [0, 0.1) is 5.92 Å². The van der Waals surface area contributed by atoms with E-state index in [0.29, 0.717) is 6.42 Å². The Bertz CT molecular complexity index is 979. The van der Waals surface area contributed by atoms with Gasteiger partial charge in [0.25, 0.3) is 0 Å². The van der Waals surface area contributed by atoms with Gasteiger partial charge < -0.3 is 54.6 Å². The van der Waals surface area contributed by atoms with Crippen LogP contribution in [0.15, 0.2) is 4.99 Å². The number of carbonyl (C=O) groups is 6. The quantitative estimate of drug-likeness (QED) is 0.0277. The number of hydrogen-bond donors (Lipinski definition) is 12. The highest BCUT2D eigenvalue weighted by molar-refractivity contribution is 7.80. The molecule has 0 aliphatic heterocycles.